The standard InChI is InChI=1S/C10H12ClN3O/c1-14(2)10(15)13-12-7-8-5-3-4-6-9(8)11/h3-7H,1-2H3,(H,13,15). The third-order valence-electron chi connectivity index (χ3n) is 1.68. The van der Waals surface area contributed by atoms with E-state index >= 15 is 0 Å². The molecule has 0 aliphatic carbocycles. The van der Waals surface area contributed by atoms with Gasteiger partial charge in [-0.1, -0.05) is 29.8 Å². The van der Waals surface area contributed by atoms with Crippen molar-refractivity contribution in [2.75, 3.05) is 14.1 Å². The van der Waals surface area contributed by atoms with Gasteiger partial charge in [-0.25, -0.2) is 10.2 Å². The molecule has 15 heavy (non-hydrogen) atoms. The molecule has 0 fully saturated rings. The predicted octanol–water partition coefficient (Wildman–Crippen LogP) is 1.95. The van der Waals surface area contributed by atoms with Gasteiger partial charge >= 0.3 is 6.03 Å². The first-order valence-corrected chi connectivity index (χ1v) is 4.74. The summed E-state index contributed by atoms with van der Waals surface area (Å²) in [4.78, 5) is 12.5. The molecule has 5 heteroatoms. The number of carbonyl (C=O) groups is 1. The number of rotatable bonds is 2. The van der Waals surface area contributed by atoms with Crippen LogP contribution < -0.4 is 5.43 Å². The van der Waals surface area contributed by atoms with Gasteiger partial charge in [-0.05, 0) is 6.07 Å². The Morgan fingerprint density at radius 3 is 2.73 bits per heavy atom. The van der Waals surface area contributed by atoms with E-state index in [1.54, 1.807) is 20.2 Å². The van der Waals surface area contributed by atoms with Gasteiger partial charge in [0.25, 0.3) is 0 Å². The van der Waals surface area contributed by atoms with Crippen LogP contribution in [0.5, 0.6) is 0 Å². The largest absolute Gasteiger partial charge is 0.337 e. The Hall–Kier alpha value is -1.55. The lowest BCUT2D eigenvalue weighted by Gasteiger charge is -2.07. The molecule has 1 aromatic rings. The van der Waals surface area contributed by atoms with Crippen molar-refractivity contribution in [3.05, 3.63) is 34.9 Å². The van der Waals surface area contributed by atoms with E-state index in [1.807, 2.05) is 18.2 Å². The Morgan fingerprint density at radius 2 is 2.13 bits per heavy atom. The van der Waals surface area contributed by atoms with Crippen molar-refractivity contribution in [2.24, 2.45) is 5.10 Å². The first-order valence-electron chi connectivity index (χ1n) is 4.36. The van der Waals surface area contributed by atoms with Gasteiger partial charge in [-0.2, -0.15) is 5.10 Å². The van der Waals surface area contributed by atoms with Gasteiger partial charge in [0.05, 0.1) is 6.21 Å². The minimum absolute atomic E-state index is 0.279. The molecule has 0 spiro atoms. The minimum atomic E-state index is -0.279. The molecule has 80 valence electrons. The molecular formula is C10H12ClN3O. The van der Waals surface area contributed by atoms with Crippen molar-refractivity contribution in [1.29, 1.82) is 0 Å². The number of nitrogens with one attached hydrogen (secondary N) is 1. The maximum absolute atomic E-state index is 11.1. The van der Waals surface area contributed by atoms with Gasteiger partial charge in [-0.15, -0.1) is 0 Å². The highest BCUT2D eigenvalue weighted by Gasteiger charge is 1.99. The maximum atomic E-state index is 11.1. The fraction of sp³-hybridized carbons (Fsp3) is 0.200. The van der Waals surface area contributed by atoms with Gasteiger partial charge in [-0.3, -0.25) is 0 Å². The summed E-state index contributed by atoms with van der Waals surface area (Å²) in [7, 11) is 3.28. The average Bonchev–Trinajstić information content (AvgIpc) is 2.20. The van der Waals surface area contributed by atoms with Gasteiger partial charge in [0.2, 0.25) is 0 Å². The second-order valence-electron chi connectivity index (χ2n) is 3.09. The Kier molecular flexibility index (Phi) is 4.12. The topological polar surface area (TPSA) is 44.7 Å². The van der Waals surface area contributed by atoms with Crippen molar-refractivity contribution in [3.8, 4) is 0 Å². The van der Waals surface area contributed by atoms with Crippen LogP contribution in [-0.2, 0) is 0 Å². The Bertz CT molecular complexity index is 377. The number of hydrogen-bond acceptors (Lipinski definition) is 2. The van der Waals surface area contributed by atoms with E-state index in [0.29, 0.717) is 5.02 Å². The van der Waals surface area contributed by atoms with E-state index in [-0.39, 0.29) is 6.03 Å². The normalized spacial score (nSPS) is 10.3. The first-order chi connectivity index (χ1) is 7.11. The van der Waals surface area contributed by atoms with E-state index < -0.39 is 0 Å². The molecule has 0 saturated heterocycles. The maximum Gasteiger partial charge on any atom is 0.337 e. The second-order valence-corrected chi connectivity index (χ2v) is 3.50. The van der Waals surface area contributed by atoms with Crippen LogP contribution in [-0.4, -0.2) is 31.2 Å². The summed E-state index contributed by atoms with van der Waals surface area (Å²) in [5, 5.41) is 4.37. The monoisotopic (exact) mass is 225 g/mol. The van der Waals surface area contributed by atoms with Crippen molar-refractivity contribution in [2.45, 2.75) is 0 Å². The number of benzene rings is 1. The summed E-state index contributed by atoms with van der Waals surface area (Å²) in [5.41, 5.74) is 3.12. The molecule has 0 radical (unpaired) electrons. The Labute approximate surface area is 93.5 Å². The van der Waals surface area contributed by atoms with E-state index in [1.165, 1.54) is 11.1 Å². The fourth-order valence-corrected chi connectivity index (χ4v) is 1.02. The number of nitrogens with zero attached hydrogens (tertiary/aromatic N) is 2. The molecule has 0 aromatic heterocycles. The quantitative estimate of drug-likeness (QED) is 0.607. The molecule has 0 aliphatic heterocycles. The lowest BCUT2D eigenvalue weighted by atomic mass is 10.2. The zero-order valence-electron chi connectivity index (χ0n) is 8.57. The molecule has 0 atom stereocenters. The molecule has 0 saturated carbocycles. The highest BCUT2D eigenvalue weighted by Crippen LogP contribution is 2.11. The van der Waals surface area contributed by atoms with Crippen molar-refractivity contribution >= 4 is 23.8 Å². The summed E-state index contributed by atoms with van der Waals surface area (Å²) >= 11 is 5.89. The van der Waals surface area contributed by atoms with Crippen LogP contribution in [0.4, 0.5) is 4.79 Å². The number of urea groups is 1. The first kappa shape index (κ1) is 11.5. The minimum Gasteiger partial charge on any atom is -0.329 e. The molecule has 2 amide bonds. The van der Waals surface area contributed by atoms with Crippen LogP contribution in [0.3, 0.4) is 0 Å². The molecule has 1 rings (SSSR count). The summed E-state index contributed by atoms with van der Waals surface area (Å²) in [6.07, 6.45) is 1.50. The van der Waals surface area contributed by atoms with E-state index in [0.717, 1.165) is 5.56 Å². The third kappa shape index (κ3) is 3.59. The van der Waals surface area contributed by atoms with Crippen LogP contribution >= 0.6 is 11.6 Å². The zero-order chi connectivity index (χ0) is 11.3. The fourth-order valence-electron chi connectivity index (χ4n) is 0.837. The molecule has 4 nitrogen and oxygen atoms in total. The highest BCUT2D eigenvalue weighted by molar-refractivity contribution is 6.33. The van der Waals surface area contributed by atoms with Crippen LogP contribution in [0.25, 0.3) is 0 Å². The van der Waals surface area contributed by atoms with Crippen LogP contribution in [0.2, 0.25) is 5.02 Å². The molecular weight excluding hydrogens is 214 g/mol. The summed E-state index contributed by atoms with van der Waals surface area (Å²) in [5.74, 6) is 0. The smallest absolute Gasteiger partial charge is 0.329 e. The second kappa shape index (κ2) is 5.36. The lowest BCUT2D eigenvalue weighted by Crippen LogP contribution is -2.31. The van der Waals surface area contributed by atoms with Crippen LogP contribution in [0.15, 0.2) is 29.4 Å². The SMILES string of the molecule is CN(C)C(=O)NN=Cc1ccccc1Cl. The molecule has 0 bridgehead atoms. The van der Waals surface area contributed by atoms with Crippen LogP contribution in [0, 0.1) is 0 Å². The molecule has 1 N–H and O–H groups in total. The number of carbonyl (C=O) groups excluding carboxylic acids is 1. The molecule has 0 unspecified atom stereocenters. The lowest BCUT2D eigenvalue weighted by molar-refractivity contribution is 0.218. The predicted molar refractivity (Wildman–Crippen MR) is 61.3 cm³/mol. The summed E-state index contributed by atoms with van der Waals surface area (Å²) in [6.45, 7) is 0. The van der Waals surface area contributed by atoms with E-state index in [2.05, 4.69) is 10.5 Å². The molecule has 0 heterocycles. The van der Waals surface area contributed by atoms with Gasteiger partial charge in [0.1, 0.15) is 0 Å². The third-order valence-corrected chi connectivity index (χ3v) is 2.02. The summed E-state index contributed by atoms with van der Waals surface area (Å²) < 4.78 is 0. The number of amides is 2. The molecule has 1 aromatic carbocycles. The van der Waals surface area contributed by atoms with Gasteiger partial charge in [0.15, 0.2) is 0 Å². The van der Waals surface area contributed by atoms with E-state index in [4.69, 9.17) is 11.6 Å². The number of hydrazone groups is 1. The van der Waals surface area contributed by atoms with Crippen molar-refractivity contribution in [3.63, 3.8) is 0 Å². The molecule has 0 aliphatic rings. The van der Waals surface area contributed by atoms with Crippen molar-refractivity contribution < 1.29 is 4.79 Å². The number of hydrogen-bond donors (Lipinski definition) is 1. The van der Waals surface area contributed by atoms with E-state index in [9.17, 15) is 4.79 Å². The van der Waals surface area contributed by atoms with Gasteiger partial charge < -0.3 is 4.90 Å². The van der Waals surface area contributed by atoms with Crippen LogP contribution in [0.1, 0.15) is 5.56 Å². The van der Waals surface area contributed by atoms with Crippen molar-refractivity contribution in [1.82, 2.24) is 10.3 Å². The zero-order valence-corrected chi connectivity index (χ0v) is 9.32. The Balaban J connectivity index is 2.59. The average molecular weight is 226 g/mol. The highest BCUT2D eigenvalue weighted by atomic mass is 35.5. The van der Waals surface area contributed by atoms with Gasteiger partial charge in [0, 0.05) is 24.7 Å². The summed E-state index contributed by atoms with van der Waals surface area (Å²) in [6, 6.07) is 6.97. The Morgan fingerprint density at radius 1 is 1.47 bits per heavy atom. The number of halogens is 1.